The van der Waals surface area contributed by atoms with Crippen molar-refractivity contribution >= 4 is 11.6 Å². The van der Waals surface area contributed by atoms with E-state index < -0.39 is 0 Å². The molecule has 2 heteroatoms. The Morgan fingerprint density at radius 2 is 1.69 bits per heavy atom. The first-order valence-electron chi connectivity index (χ1n) is 6.41. The standard InChI is InChI=1S/C14H20O2/c1-12(2)8-14-9(12)6-7-13(14,3)10(15)4-5-11(14)16/h9H,4-8H2,1-3H3/t9-,13+,14-/m1/s1. The van der Waals surface area contributed by atoms with Crippen molar-refractivity contribution in [3.8, 4) is 0 Å². The monoisotopic (exact) mass is 220 g/mol. The zero-order chi connectivity index (χ0) is 11.8. The summed E-state index contributed by atoms with van der Waals surface area (Å²) in [7, 11) is 0. The van der Waals surface area contributed by atoms with Crippen LogP contribution in [0.1, 0.15) is 52.9 Å². The molecule has 3 aliphatic carbocycles. The third-order valence-electron chi connectivity index (χ3n) is 5.88. The van der Waals surface area contributed by atoms with Crippen LogP contribution in [0, 0.1) is 22.2 Å². The highest BCUT2D eigenvalue weighted by atomic mass is 16.1. The van der Waals surface area contributed by atoms with Crippen LogP contribution in [-0.4, -0.2) is 11.6 Å². The van der Waals surface area contributed by atoms with Crippen LogP contribution in [0.25, 0.3) is 0 Å². The fraction of sp³-hybridized carbons (Fsp3) is 0.857. The molecule has 88 valence electrons. The van der Waals surface area contributed by atoms with E-state index in [2.05, 4.69) is 20.8 Å². The Balaban J connectivity index is 2.11. The molecule has 0 aromatic rings. The molecule has 0 bridgehead atoms. The summed E-state index contributed by atoms with van der Waals surface area (Å²) in [6, 6.07) is 0. The first-order valence-corrected chi connectivity index (χ1v) is 6.41. The Bertz CT molecular complexity index is 396. The summed E-state index contributed by atoms with van der Waals surface area (Å²) >= 11 is 0. The van der Waals surface area contributed by atoms with Gasteiger partial charge in [-0.3, -0.25) is 9.59 Å². The van der Waals surface area contributed by atoms with E-state index >= 15 is 0 Å². The normalized spacial score (nSPS) is 49.6. The van der Waals surface area contributed by atoms with Crippen LogP contribution in [0.5, 0.6) is 0 Å². The summed E-state index contributed by atoms with van der Waals surface area (Å²) in [6.07, 6.45) is 3.93. The average molecular weight is 220 g/mol. The van der Waals surface area contributed by atoms with Gasteiger partial charge >= 0.3 is 0 Å². The van der Waals surface area contributed by atoms with E-state index in [1.54, 1.807) is 0 Å². The van der Waals surface area contributed by atoms with Gasteiger partial charge in [0.25, 0.3) is 0 Å². The molecule has 1 spiro atoms. The van der Waals surface area contributed by atoms with Crippen LogP contribution in [0.15, 0.2) is 0 Å². The lowest BCUT2D eigenvalue weighted by Crippen LogP contribution is -2.64. The molecule has 0 aromatic heterocycles. The van der Waals surface area contributed by atoms with E-state index in [4.69, 9.17) is 0 Å². The summed E-state index contributed by atoms with van der Waals surface area (Å²) in [6.45, 7) is 6.56. The average Bonchev–Trinajstić information content (AvgIpc) is 2.45. The van der Waals surface area contributed by atoms with Crippen LogP contribution in [0.2, 0.25) is 0 Å². The zero-order valence-electron chi connectivity index (χ0n) is 10.4. The molecule has 3 fully saturated rings. The number of carbonyl (C=O) groups is 2. The number of hydrogen-bond donors (Lipinski definition) is 0. The molecular formula is C14H20O2. The van der Waals surface area contributed by atoms with Crippen LogP contribution < -0.4 is 0 Å². The summed E-state index contributed by atoms with van der Waals surface area (Å²) in [4.78, 5) is 24.5. The van der Waals surface area contributed by atoms with Crippen molar-refractivity contribution in [2.24, 2.45) is 22.2 Å². The van der Waals surface area contributed by atoms with E-state index in [1.165, 1.54) is 0 Å². The van der Waals surface area contributed by atoms with Crippen molar-refractivity contribution in [2.75, 3.05) is 0 Å². The van der Waals surface area contributed by atoms with Gasteiger partial charge in [0.2, 0.25) is 0 Å². The summed E-state index contributed by atoms with van der Waals surface area (Å²) in [5, 5.41) is 0. The Morgan fingerprint density at radius 3 is 2.31 bits per heavy atom. The number of rotatable bonds is 0. The van der Waals surface area contributed by atoms with Gasteiger partial charge in [-0.1, -0.05) is 20.8 Å². The number of ketones is 2. The van der Waals surface area contributed by atoms with Gasteiger partial charge in [-0.25, -0.2) is 0 Å². The van der Waals surface area contributed by atoms with E-state index in [0.717, 1.165) is 19.3 Å². The predicted octanol–water partition coefficient (Wildman–Crippen LogP) is 2.75. The summed E-state index contributed by atoms with van der Waals surface area (Å²) < 4.78 is 0. The Labute approximate surface area is 96.8 Å². The van der Waals surface area contributed by atoms with Crippen molar-refractivity contribution in [2.45, 2.75) is 52.9 Å². The molecule has 16 heavy (non-hydrogen) atoms. The Hall–Kier alpha value is -0.660. The molecule has 0 saturated heterocycles. The number of Topliss-reactive ketones (excluding diaryl/α,β-unsaturated/α-hetero) is 2. The third kappa shape index (κ3) is 0.834. The third-order valence-corrected chi connectivity index (χ3v) is 5.88. The van der Waals surface area contributed by atoms with Gasteiger partial charge in [-0.2, -0.15) is 0 Å². The van der Waals surface area contributed by atoms with Crippen molar-refractivity contribution in [1.29, 1.82) is 0 Å². The SMILES string of the molecule is CC1(C)C[C@@]23C(=O)CCC(=O)[C@]2(C)CC[C@H]13. The molecule has 0 amide bonds. The second-order valence-corrected chi connectivity index (χ2v) is 6.91. The van der Waals surface area contributed by atoms with E-state index in [9.17, 15) is 9.59 Å². The highest BCUT2D eigenvalue weighted by molar-refractivity contribution is 6.02. The topological polar surface area (TPSA) is 34.1 Å². The maximum absolute atomic E-state index is 12.3. The largest absolute Gasteiger partial charge is 0.299 e. The second kappa shape index (κ2) is 2.60. The van der Waals surface area contributed by atoms with Crippen LogP contribution in [0.4, 0.5) is 0 Å². The Morgan fingerprint density at radius 1 is 1.06 bits per heavy atom. The van der Waals surface area contributed by atoms with E-state index in [0.29, 0.717) is 30.3 Å². The minimum absolute atomic E-state index is 0.258. The lowest BCUT2D eigenvalue weighted by atomic mass is 9.39. The van der Waals surface area contributed by atoms with Gasteiger partial charge in [-0.05, 0) is 30.6 Å². The summed E-state index contributed by atoms with van der Waals surface area (Å²) in [5.74, 6) is 1.20. The van der Waals surface area contributed by atoms with Crippen molar-refractivity contribution in [1.82, 2.24) is 0 Å². The predicted molar refractivity (Wildman–Crippen MR) is 60.9 cm³/mol. The minimum Gasteiger partial charge on any atom is -0.299 e. The van der Waals surface area contributed by atoms with Gasteiger partial charge < -0.3 is 0 Å². The molecule has 2 nitrogen and oxygen atoms in total. The lowest BCUT2D eigenvalue weighted by molar-refractivity contribution is -0.183. The van der Waals surface area contributed by atoms with Crippen LogP contribution >= 0.6 is 0 Å². The number of hydrogen-bond acceptors (Lipinski definition) is 2. The quantitative estimate of drug-likeness (QED) is 0.629. The fourth-order valence-corrected chi connectivity index (χ4v) is 5.09. The van der Waals surface area contributed by atoms with Gasteiger partial charge in [0.15, 0.2) is 0 Å². The Kier molecular flexibility index (Phi) is 1.70. The van der Waals surface area contributed by atoms with E-state index in [-0.39, 0.29) is 16.2 Å². The molecule has 0 aromatic carbocycles. The molecule has 3 rings (SSSR count). The van der Waals surface area contributed by atoms with Gasteiger partial charge in [-0.15, -0.1) is 0 Å². The maximum atomic E-state index is 12.3. The maximum Gasteiger partial charge on any atom is 0.140 e. The molecule has 0 heterocycles. The molecule has 3 atom stereocenters. The van der Waals surface area contributed by atoms with E-state index in [1.807, 2.05) is 0 Å². The second-order valence-electron chi connectivity index (χ2n) is 6.91. The minimum atomic E-state index is -0.317. The van der Waals surface area contributed by atoms with Gasteiger partial charge in [0.1, 0.15) is 11.6 Å². The molecule has 0 N–H and O–H groups in total. The molecule has 0 unspecified atom stereocenters. The van der Waals surface area contributed by atoms with Crippen molar-refractivity contribution < 1.29 is 9.59 Å². The van der Waals surface area contributed by atoms with Crippen LogP contribution in [0.3, 0.4) is 0 Å². The molecule has 3 aliphatic rings. The van der Waals surface area contributed by atoms with Crippen molar-refractivity contribution in [3.05, 3.63) is 0 Å². The molecule has 0 aliphatic heterocycles. The molecule has 0 radical (unpaired) electrons. The first kappa shape index (κ1) is 10.5. The van der Waals surface area contributed by atoms with Gasteiger partial charge in [0.05, 0.1) is 0 Å². The smallest absolute Gasteiger partial charge is 0.140 e. The molecular weight excluding hydrogens is 200 g/mol. The highest BCUT2D eigenvalue weighted by Gasteiger charge is 2.75. The van der Waals surface area contributed by atoms with Crippen LogP contribution in [-0.2, 0) is 9.59 Å². The van der Waals surface area contributed by atoms with Gasteiger partial charge in [0, 0.05) is 23.7 Å². The summed E-state index contributed by atoms with van der Waals surface area (Å²) in [5.41, 5.74) is -0.306. The molecule has 3 saturated carbocycles. The van der Waals surface area contributed by atoms with Crippen molar-refractivity contribution in [3.63, 3.8) is 0 Å². The first-order chi connectivity index (χ1) is 7.34. The lowest BCUT2D eigenvalue weighted by Gasteiger charge is -2.62. The number of carbonyl (C=O) groups excluding carboxylic acids is 2. The fourth-order valence-electron chi connectivity index (χ4n) is 5.09. The highest BCUT2D eigenvalue weighted by Crippen LogP contribution is 2.75. The zero-order valence-corrected chi connectivity index (χ0v) is 10.4.